The number of nitrogens with two attached hydrogens (primary N) is 1. The highest BCUT2D eigenvalue weighted by molar-refractivity contribution is 7.99. The van der Waals surface area contributed by atoms with Gasteiger partial charge in [0.2, 0.25) is 0 Å². The van der Waals surface area contributed by atoms with Crippen molar-refractivity contribution in [2.75, 3.05) is 30.4 Å². The minimum absolute atomic E-state index is 0.473. The first-order valence-corrected chi connectivity index (χ1v) is 8.09. The Balaban J connectivity index is 2.34. The van der Waals surface area contributed by atoms with E-state index in [1.165, 1.54) is 16.1 Å². The van der Waals surface area contributed by atoms with Crippen LogP contribution in [0.1, 0.15) is 25.8 Å². The standard InChI is InChI=1S/C15H24N2OS/c1-3-12-11-18-9-8-17(12)14-6-5-7-15(19-4-2)13(14)10-16/h5-7,12H,3-4,8-11,16H2,1-2H3. The third-order valence-electron chi connectivity index (χ3n) is 3.62. The molecule has 2 rings (SSSR count). The zero-order valence-electron chi connectivity index (χ0n) is 11.9. The summed E-state index contributed by atoms with van der Waals surface area (Å²) in [5, 5.41) is 0. The smallest absolute Gasteiger partial charge is 0.0670 e. The summed E-state index contributed by atoms with van der Waals surface area (Å²) in [5.74, 6) is 1.08. The lowest BCUT2D eigenvalue weighted by atomic mass is 10.1. The minimum Gasteiger partial charge on any atom is -0.377 e. The van der Waals surface area contributed by atoms with E-state index in [1.54, 1.807) is 0 Å². The fourth-order valence-corrected chi connectivity index (χ4v) is 3.48. The maximum absolute atomic E-state index is 6.00. The van der Waals surface area contributed by atoms with Crippen molar-refractivity contribution in [1.82, 2.24) is 0 Å². The molecule has 1 saturated heterocycles. The maximum atomic E-state index is 6.00. The van der Waals surface area contributed by atoms with Gasteiger partial charge in [0.05, 0.1) is 19.3 Å². The van der Waals surface area contributed by atoms with E-state index in [2.05, 4.69) is 36.9 Å². The van der Waals surface area contributed by atoms with Crippen molar-refractivity contribution in [2.24, 2.45) is 5.73 Å². The highest BCUT2D eigenvalue weighted by atomic mass is 32.2. The number of anilines is 1. The third kappa shape index (κ3) is 3.25. The van der Waals surface area contributed by atoms with E-state index in [-0.39, 0.29) is 0 Å². The molecule has 2 N–H and O–H groups in total. The fraction of sp³-hybridized carbons (Fsp3) is 0.600. The number of hydrogen-bond donors (Lipinski definition) is 1. The van der Waals surface area contributed by atoms with Gasteiger partial charge in [-0.25, -0.2) is 0 Å². The number of nitrogens with zero attached hydrogens (tertiary/aromatic N) is 1. The Morgan fingerprint density at radius 1 is 1.42 bits per heavy atom. The highest BCUT2D eigenvalue weighted by Crippen LogP contribution is 2.32. The molecule has 1 heterocycles. The van der Waals surface area contributed by atoms with Crippen LogP contribution in [0.2, 0.25) is 0 Å². The number of ether oxygens (including phenoxy) is 1. The maximum Gasteiger partial charge on any atom is 0.0670 e. The summed E-state index contributed by atoms with van der Waals surface area (Å²) < 4.78 is 5.60. The normalized spacial score (nSPS) is 19.7. The van der Waals surface area contributed by atoms with Crippen LogP contribution < -0.4 is 10.6 Å². The lowest BCUT2D eigenvalue weighted by Gasteiger charge is -2.38. The first kappa shape index (κ1) is 14.7. The zero-order valence-corrected chi connectivity index (χ0v) is 12.7. The lowest BCUT2D eigenvalue weighted by Crippen LogP contribution is -2.45. The van der Waals surface area contributed by atoms with Crippen LogP contribution >= 0.6 is 11.8 Å². The topological polar surface area (TPSA) is 38.5 Å². The minimum atomic E-state index is 0.473. The Kier molecular flexibility index (Phi) is 5.55. The van der Waals surface area contributed by atoms with Gasteiger partial charge in [0.1, 0.15) is 0 Å². The molecule has 1 aliphatic heterocycles. The van der Waals surface area contributed by atoms with E-state index < -0.39 is 0 Å². The molecule has 0 bridgehead atoms. The molecule has 106 valence electrons. The fourth-order valence-electron chi connectivity index (χ4n) is 2.63. The van der Waals surface area contributed by atoms with Gasteiger partial charge in [-0.3, -0.25) is 0 Å². The Bertz CT molecular complexity index is 411. The summed E-state index contributed by atoms with van der Waals surface area (Å²) in [4.78, 5) is 3.80. The first-order valence-electron chi connectivity index (χ1n) is 7.10. The lowest BCUT2D eigenvalue weighted by molar-refractivity contribution is 0.0929. The van der Waals surface area contributed by atoms with Crippen molar-refractivity contribution in [3.05, 3.63) is 23.8 Å². The monoisotopic (exact) mass is 280 g/mol. The van der Waals surface area contributed by atoms with Gasteiger partial charge < -0.3 is 15.4 Å². The third-order valence-corrected chi connectivity index (χ3v) is 4.60. The van der Waals surface area contributed by atoms with Crippen LogP contribution in [-0.4, -0.2) is 31.6 Å². The SMILES string of the molecule is CCSc1cccc(N2CCOCC2CC)c1CN. The van der Waals surface area contributed by atoms with Crippen LogP contribution in [0, 0.1) is 0 Å². The summed E-state index contributed by atoms with van der Waals surface area (Å²) in [6.45, 7) is 7.61. The van der Waals surface area contributed by atoms with Crippen LogP contribution in [0.4, 0.5) is 5.69 Å². The molecule has 0 spiro atoms. The van der Waals surface area contributed by atoms with E-state index in [0.717, 1.165) is 31.9 Å². The Labute approximate surface area is 120 Å². The molecule has 0 amide bonds. The number of hydrogen-bond acceptors (Lipinski definition) is 4. The molecule has 1 aliphatic rings. The van der Waals surface area contributed by atoms with Crippen LogP contribution in [0.15, 0.2) is 23.1 Å². The van der Waals surface area contributed by atoms with Gasteiger partial charge in [-0.15, -0.1) is 11.8 Å². The quantitative estimate of drug-likeness (QED) is 0.842. The highest BCUT2D eigenvalue weighted by Gasteiger charge is 2.24. The summed E-state index contributed by atoms with van der Waals surface area (Å²) in [5.41, 5.74) is 8.59. The average molecular weight is 280 g/mol. The number of rotatable bonds is 5. The van der Waals surface area contributed by atoms with Crippen LogP contribution in [0.3, 0.4) is 0 Å². The molecule has 4 heteroatoms. The predicted molar refractivity (Wildman–Crippen MR) is 83.0 cm³/mol. The van der Waals surface area contributed by atoms with E-state index in [1.807, 2.05) is 11.8 Å². The van der Waals surface area contributed by atoms with E-state index in [4.69, 9.17) is 10.5 Å². The van der Waals surface area contributed by atoms with Crippen LogP contribution in [0.25, 0.3) is 0 Å². The molecule has 3 nitrogen and oxygen atoms in total. The molecule has 0 aromatic heterocycles. The van der Waals surface area contributed by atoms with E-state index in [0.29, 0.717) is 12.6 Å². The number of morpholine rings is 1. The molecule has 1 aromatic rings. The van der Waals surface area contributed by atoms with Gasteiger partial charge in [0.15, 0.2) is 0 Å². The molecule has 1 unspecified atom stereocenters. The summed E-state index contributed by atoms with van der Waals surface area (Å²) >= 11 is 1.88. The van der Waals surface area contributed by atoms with Crippen LogP contribution in [0.5, 0.6) is 0 Å². The molecule has 1 atom stereocenters. The van der Waals surface area contributed by atoms with Crippen molar-refractivity contribution < 1.29 is 4.74 Å². The Morgan fingerprint density at radius 3 is 2.95 bits per heavy atom. The van der Waals surface area contributed by atoms with Gasteiger partial charge in [0.25, 0.3) is 0 Å². The van der Waals surface area contributed by atoms with Gasteiger partial charge >= 0.3 is 0 Å². The summed E-state index contributed by atoms with van der Waals surface area (Å²) in [7, 11) is 0. The molecule has 19 heavy (non-hydrogen) atoms. The Morgan fingerprint density at radius 2 is 2.26 bits per heavy atom. The number of thioether (sulfide) groups is 1. The van der Waals surface area contributed by atoms with Crippen molar-refractivity contribution in [3.8, 4) is 0 Å². The second kappa shape index (κ2) is 7.17. The molecular weight excluding hydrogens is 256 g/mol. The average Bonchev–Trinajstić information content (AvgIpc) is 2.47. The van der Waals surface area contributed by atoms with Crippen molar-refractivity contribution in [1.29, 1.82) is 0 Å². The second-order valence-electron chi connectivity index (χ2n) is 4.72. The Hall–Kier alpha value is -0.710. The van der Waals surface area contributed by atoms with Gasteiger partial charge in [-0.05, 0) is 24.3 Å². The zero-order chi connectivity index (χ0) is 13.7. The van der Waals surface area contributed by atoms with Gasteiger partial charge in [0, 0.05) is 29.2 Å². The van der Waals surface area contributed by atoms with Gasteiger partial charge in [-0.1, -0.05) is 19.9 Å². The largest absolute Gasteiger partial charge is 0.377 e. The second-order valence-corrected chi connectivity index (χ2v) is 6.03. The van der Waals surface area contributed by atoms with E-state index in [9.17, 15) is 0 Å². The first-order chi connectivity index (χ1) is 9.31. The summed E-state index contributed by atoms with van der Waals surface area (Å²) in [6.07, 6.45) is 1.11. The van der Waals surface area contributed by atoms with Gasteiger partial charge in [-0.2, -0.15) is 0 Å². The van der Waals surface area contributed by atoms with Crippen molar-refractivity contribution in [3.63, 3.8) is 0 Å². The molecule has 0 saturated carbocycles. The molecule has 0 radical (unpaired) electrons. The van der Waals surface area contributed by atoms with E-state index >= 15 is 0 Å². The molecule has 0 aliphatic carbocycles. The predicted octanol–water partition coefficient (Wildman–Crippen LogP) is 2.87. The van der Waals surface area contributed by atoms with Crippen molar-refractivity contribution >= 4 is 17.4 Å². The summed E-state index contributed by atoms with van der Waals surface area (Å²) in [6, 6.07) is 7.01. The van der Waals surface area contributed by atoms with Crippen LogP contribution in [-0.2, 0) is 11.3 Å². The number of benzene rings is 1. The molecule has 1 aromatic carbocycles. The van der Waals surface area contributed by atoms with Crippen molar-refractivity contribution in [2.45, 2.75) is 37.8 Å². The molecule has 1 fully saturated rings. The molecular formula is C15H24N2OS.